The molecule has 2 rings (SSSR count). The van der Waals surface area contributed by atoms with Crippen LogP contribution >= 0.6 is 11.8 Å². The summed E-state index contributed by atoms with van der Waals surface area (Å²) < 4.78 is 3.23. The van der Waals surface area contributed by atoms with Gasteiger partial charge in [-0.3, -0.25) is 0 Å². The van der Waals surface area contributed by atoms with Gasteiger partial charge in [0.2, 0.25) is 5.16 Å². The van der Waals surface area contributed by atoms with Crippen molar-refractivity contribution in [1.29, 1.82) is 0 Å². The molecule has 0 spiro atoms. The van der Waals surface area contributed by atoms with Gasteiger partial charge in [-0.2, -0.15) is 5.10 Å². The maximum atomic E-state index is 6.07. The third-order valence-electron chi connectivity index (χ3n) is 2.85. The zero-order valence-electron chi connectivity index (χ0n) is 11.8. The molecule has 6 nitrogen and oxygen atoms in total. The summed E-state index contributed by atoms with van der Waals surface area (Å²) >= 11 is 1.65. The highest BCUT2D eigenvalue weighted by atomic mass is 32.2. The van der Waals surface area contributed by atoms with Crippen LogP contribution < -0.4 is 5.84 Å². The summed E-state index contributed by atoms with van der Waals surface area (Å²) in [5.74, 6) is 6.62. The molecule has 2 aromatic heterocycles. The van der Waals surface area contributed by atoms with Crippen molar-refractivity contribution >= 4 is 11.8 Å². The van der Waals surface area contributed by atoms with E-state index < -0.39 is 0 Å². The van der Waals surface area contributed by atoms with E-state index in [-0.39, 0.29) is 0 Å². The van der Waals surface area contributed by atoms with Crippen molar-refractivity contribution in [3.63, 3.8) is 0 Å². The fraction of sp³-hybridized carbons (Fsp3) is 0.583. The summed E-state index contributed by atoms with van der Waals surface area (Å²) in [5, 5.41) is 13.9. The Labute approximate surface area is 117 Å². The monoisotopic (exact) mass is 280 g/mol. The van der Waals surface area contributed by atoms with Gasteiger partial charge >= 0.3 is 0 Å². The first-order valence-electron chi connectivity index (χ1n) is 6.43. The van der Waals surface area contributed by atoms with Gasteiger partial charge in [-0.05, 0) is 26.3 Å². The Bertz CT molecular complexity index is 559. The molecule has 0 amide bonds. The summed E-state index contributed by atoms with van der Waals surface area (Å²) in [5.41, 5.74) is 1.93. The molecule has 0 bridgehead atoms. The molecule has 0 fully saturated rings. The average molecular weight is 280 g/mol. The molecule has 0 aliphatic rings. The van der Waals surface area contributed by atoms with Gasteiger partial charge in [-0.1, -0.05) is 32.0 Å². The second-order valence-electron chi connectivity index (χ2n) is 4.71. The molecule has 0 aliphatic carbocycles. The lowest BCUT2D eigenvalue weighted by Gasteiger charge is -2.09. The summed E-state index contributed by atoms with van der Waals surface area (Å²) in [4.78, 5) is 0. The van der Waals surface area contributed by atoms with Crippen LogP contribution in [0, 0.1) is 13.8 Å². The molecular weight excluding hydrogens is 260 g/mol. The zero-order valence-corrected chi connectivity index (χ0v) is 12.6. The third-order valence-corrected chi connectivity index (χ3v) is 3.97. The van der Waals surface area contributed by atoms with Gasteiger partial charge < -0.3 is 5.84 Å². The summed E-state index contributed by atoms with van der Waals surface area (Å²) in [6, 6.07) is 1.99. The van der Waals surface area contributed by atoms with E-state index >= 15 is 0 Å². The largest absolute Gasteiger partial charge is 0.334 e. The van der Waals surface area contributed by atoms with E-state index in [9.17, 15) is 0 Å². The Kier molecular flexibility index (Phi) is 4.14. The lowest BCUT2D eigenvalue weighted by molar-refractivity contribution is 0.723. The lowest BCUT2D eigenvalue weighted by atomic mass is 10.3. The second kappa shape index (κ2) is 5.64. The molecule has 19 heavy (non-hydrogen) atoms. The number of nitrogens with two attached hydrogens (primary N) is 1. The van der Waals surface area contributed by atoms with Crippen LogP contribution in [0.15, 0.2) is 11.2 Å². The van der Waals surface area contributed by atoms with E-state index in [0.29, 0.717) is 11.2 Å². The van der Waals surface area contributed by atoms with Crippen molar-refractivity contribution in [3.05, 3.63) is 17.5 Å². The predicted octanol–water partition coefficient (Wildman–Crippen LogP) is 2.08. The molecule has 0 unspecified atom stereocenters. The van der Waals surface area contributed by atoms with Crippen molar-refractivity contribution < 1.29 is 0 Å². The molecule has 0 aromatic carbocycles. The molecule has 2 aromatic rings. The molecule has 1 atom stereocenters. The van der Waals surface area contributed by atoms with Crippen LogP contribution in [-0.4, -0.2) is 29.9 Å². The van der Waals surface area contributed by atoms with Gasteiger partial charge in [0.25, 0.3) is 5.95 Å². The number of nitrogen functional groups attached to an aromatic ring is 1. The lowest BCUT2D eigenvalue weighted by Crippen LogP contribution is -2.17. The van der Waals surface area contributed by atoms with E-state index in [2.05, 4.69) is 29.1 Å². The van der Waals surface area contributed by atoms with Crippen molar-refractivity contribution in [2.75, 3.05) is 5.84 Å². The predicted molar refractivity (Wildman–Crippen MR) is 77.0 cm³/mol. The Morgan fingerprint density at radius 3 is 2.68 bits per heavy atom. The second-order valence-corrected chi connectivity index (χ2v) is 6.11. The van der Waals surface area contributed by atoms with E-state index in [0.717, 1.165) is 29.4 Å². The quantitative estimate of drug-likeness (QED) is 0.670. The SMILES string of the molecule is CCC[C@H](C)Sc1nnc(-n2nc(C)cc2C)n1N. The van der Waals surface area contributed by atoms with Crippen molar-refractivity contribution in [2.24, 2.45) is 0 Å². The standard InChI is InChI=1S/C12H20N6S/c1-5-6-10(4)19-12-15-14-11(17(12)13)18-9(3)7-8(2)16-18/h7,10H,5-6,13H2,1-4H3/t10-/m0/s1. The molecule has 0 saturated heterocycles. The number of nitrogens with zero attached hydrogens (tertiary/aromatic N) is 5. The molecular formula is C12H20N6S. The number of thioether (sulfide) groups is 1. The third kappa shape index (κ3) is 2.91. The highest BCUT2D eigenvalue weighted by Crippen LogP contribution is 2.24. The number of rotatable bonds is 5. The molecule has 2 heterocycles. The van der Waals surface area contributed by atoms with E-state index in [1.165, 1.54) is 4.68 Å². The Hall–Kier alpha value is -1.50. The Morgan fingerprint density at radius 2 is 2.11 bits per heavy atom. The first-order chi connectivity index (χ1) is 9.02. The van der Waals surface area contributed by atoms with Crippen molar-refractivity contribution in [3.8, 4) is 5.95 Å². The number of hydrogen-bond donors (Lipinski definition) is 1. The normalized spacial score (nSPS) is 12.8. The van der Waals surface area contributed by atoms with Crippen molar-refractivity contribution in [1.82, 2.24) is 24.7 Å². The van der Waals surface area contributed by atoms with Crippen LogP contribution in [-0.2, 0) is 0 Å². The minimum atomic E-state index is 0.477. The van der Waals surface area contributed by atoms with Crippen LogP contribution in [0.25, 0.3) is 5.95 Å². The van der Waals surface area contributed by atoms with Gasteiger partial charge in [0.1, 0.15) is 0 Å². The Balaban J connectivity index is 2.25. The van der Waals surface area contributed by atoms with E-state index in [1.54, 1.807) is 16.4 Å². The van der Waals surface area contributed by atoms with E-state index in [1.807, 2.05) is 19.9 Å². The summed E-state index contributed by atoms with van der Waals surface area (Å²) in [6.45, 7) is 8.26. The van der Waals surface area contributed by atoms with Crippen LogP contribution in [0.4, 0.5) is 0 Å². The Morgan fingerprint density at radius 1 is 1.37 bits per heavy atom. The summed E-state index contributed by atoms with van der Waals surface area (Å²) in [6.07, 6.45) is 2.28. The van der Waals surface area contributed by atoms with Crippen LogP contribution in [0.1, 0.15) is 38.1 Å². The summed E-state index contributed by atoms with van der Waals surface area (Å²) in [7, 11) is 0. The van der Waals surface area contributed by atoms with Crippen molar-refractivity contribution in [2.45, 2.75) is 50.9 Å². The number of aromatic nitrogens is 5. The number of aryl methyl sites for hydroxylation is 2. The van der Waals surface area contributed by atoms with Gasteiger partial charge in [-0.25, -0.2) is 9.36 Å². The highest BCUT2D eigenvalue weighted by Gasteiger charge is 2.16. The van der Waals surface area contributed by atoms with Gasteiger partial charge in [0.15, 0.2) is 0 Å². The average Bonchev–Trinajstić information content (AvgIpc) is 2.84. The van der Waals surface area contributed by atoms with Gasteiger partial charge in [0.05, 0.1) is 5.69 Å². The maximum Gasteiger partial charge on any atom is 0.271 e. The fourth-order valence-corrected chi connectivity index (χ4v) is 2.97. The topological polar surface area (TPSA) is 74.5 Å². The van der Waals surface area contributed by atoms with Crippen LogP contribution in [0.2, 0.25) is 0 Å². The minimum Gasteiger partial charge on any atom is -0.334 e. The molecule has 0 radical (unpaired) electrons. The molecule has 0 aliphatic heterocycles. The van der Waals surface area contributed by atoms with Crippen LogP contribution in [0.5, 0.6) is 0 Å². The van der Waals surface area contributed by atoms with Gasteiger partial charge in [0, 0.05) is 10.9 Å². The van der Waals surface area contributed by atoms with Crippen LogP contribution in [0.3, 0.4) is 0 Å². The maximum absolute atomic E-state index is 6.07. The minimum absolute atomic E-state index is 0.477. The molecule has 2 N–H and O–H groups in total. The van der Waals surface area contributed by atoms with Gasteiger partial charge in [-0.15, -0.1) is 10.2 Å². The number of hydrogen-bond acceptors (Lipinski definition) is 5. The first kappa shape index (κ1) is 13.9. The smallest absolute Gasteiger partial charge is 0.271 e. The molecule has 7 heteroatoms. The zero-order chi connectivity index (χ0) is 14.0. The fourth-order valence-electron chi connectivity index (χ4n) is 1.97. The first-order valence-corrected chi connectivity index (χ1v) is 7.31. The van der Waals surface area contributed by atoms with E-state index in [4.69, 9.17) is 5.84 Å². The molecule has 0 saturated carbocycles. The highest BCUT2D eigenvalue weighted by molar-refractivity contribution is 7.99. The molecule has 104 valence electrons.